The number of carbonyl (C=O) groups excluding carboxylic acids is 2. The highest BCUT2D eigenvalue weighted by Gasteiger charge is 2.33. The minimum atomic E-state index is -0.885. The molecular formula is C12H18N2O4S. The van der Waals surface area contributed by atoms with Crippen molar-refractivity contribution in [2.75, 3.05) is 25.4 Å². The molecule has 0 spiro atoms. The fourth-order valence-electron chi connectivity index (χ4n) is 2.12. The number of nitrogens with zero attached hydrogens (tertiary/aromatic N) is 2. The third kappa shape index (κ3) is 4.12. The number of rotatable bonds is 7. The summed E-state index contributed by atoms with van der Waals surface area (Å²) in [6.45, 7) is 1.43. The molecule has 2 aliphatic rings. The Balaban J connectivity index is 1.78. The van der Waals surface area contributed by atoms with Crippen molar-refractivity contribution in [3.8, 4) is 0 Å². The molecule has 106 valence electrons. The highest BCUT2D eigenvalue weighted by atomic mass is 32.2. The van der Waals surface area contributed by atoms with Gasteiger partial charge in [-0.2, -0.15) is 0 Å². The van der Waals surface area contributed by atoms with Crippen LogP contribution in [0.25, 0.3) is 0 Å². The summed E-state index contributed by atoms with van der Waals surface area (Å²) in [5, 5.41) is 8.73. The summed E-state index contributed by atoms with van der Waals surface area (Å²) in [6, 6.07) is 0.218. The van der Waals surface area contributed by atoms with Gasteiger partial charge in [-0.25, -0.2) is 0 Å². The van der Waals surface area contributed by atoms with Crippen LogP contribution in [0, 0.1) is 0 Å². The Morgan fingerprint density at radius 2 is 2.11 bits per heavy atom. The second-order valence-electron chi connectivity index (χ2n) is 4.81. The summed E-state index contributed by atoms with van der Waals surface area (Å²) in [5.41, 5.74) is 0. The number of carboxylic acids is 1. The number of hydrogen-bond acceptors (Lipinski definition) is 4. The lowest BCUT2D eigenvalue weighted by Crippen LogP contribution is -2.37. The Hall–Kier alpha value is -1.24. The maximum atomic E-state index is 12.1. The van der Waals surface area contributed by atoms with Crippen LogP contribution in [0.1, 0.15) is 25.7 Å². The molecule has 2 amide bonds. The average molecular weight is 286 g/mol. The topological polar surface area (TPSA) is 77.9 Å². The van der Waals surface area contributed by atoms with Gasteiger partial charge in [0.1, 0.15) is 0 Å². The molecule has 1 saturated carbocycles. The second kappa shape index (κ2) is 6.27. The van der Waals surface area contributed by atoms with E-state index < -0.39 is 5.97 Å². The monoisotopic (exact) mass is 286 g/mol. The summed E-state index contributed by atoms with van der Waals surface area (Å²) in [7, 11) is 0. The van der Waals surface area contributed by atoms with E-state index in [-0.39, 0.29) is 30.2 Å². The van der Waals surface area contributed by atoms with Crippen LogP contribution in [0.2, 0.25) is 0 Å². The summed E-state index contributed by atoms with van der Waals surface area (Å²) >= 11 is 1.28. The van der Waals surface area contributed by atoms with Gasteiger partial charge in [0.25, 0.3) is 5.24 Å². The predicted molar refractivity (Wildman–Crippen MR) is 71.0 cm³/mol. The SMILES string of the molecule is O=C(O)CCN(C(=O)CCN1CCSC1=O)C1CC1. The third-order valence-corrected chi connectivity index (χ3v) is 4.21. The van der Waals surface area contributed by atoms with E-state index >= 15 is 0 Å². The molecule has 19 heavy (non-hydrogen) atoms. The Morgan fingerprint density at radius 3 is 2.63 bits per heavy atom. The molecule has 0 atom stereocenters. The van der Waals surface area contributed by atoms with Gasteiger partial charge in [-0.1, -0.05) is 11.8 Å². The first-order valence-corrected chi connectivity index (χ1v) is 7.49. The van der Waals surface area contributed by atoms with E-state index in [1.165, 1.54) is 11.8 Å². The van der Waals surface area contributed by atoms with Crippen LogP contribution < -0.4 is 0 Å². The number of carboxylic acid groups (broad SMARTS) is 1. The second-order valence-corrected chi connectivity index (χ2v) is 5.86. The van der Waals surface area contributed by atoms with Crippen LogP contribution in [0.3, 0.4) is 0 Å². The van der Waals surface area contributed by atoms with Gasteiger partial charge >= 0.3 is 5.97 Å². The maximum absolute atomic E-state index is 12.1. The van der Waals surface area contributed by atoms with Crippen LogP contribution >= 0.6 is 11.8 Å². The zero-order valence-electron chi connectivity index (χ0n) is 10.7. The van der Waals surface area contributed by atoms with E-state index in [1.807, 2.05) is 0 Å². The van der Waals surface area contributed by atoms with Crippen molar-refractivity contribution >= 4 is 28.9 Å². The normalized spacial score (nSPS) is 18.7. The first-order valence-electron chi connectivity index (χ1n) is 6.51. The minimum Gasteiger partial charge on any atom is -0.481 e. The molecule has 0 bridgehead atoms. The fraction of sp³-hybridized carbons (Fsp3) is 0.750. The smallest absolute Gasteiger partial charge is 0.305 e. The van der Waals surface area contributed by atoms with Crippen LogP contribution in [-0.2, 0) is 9.59 Å². The molecule has 0 unspecified atom stereocenters. The number of hydrogen-bond donors (Lipinski definition) is 1. The lowest BCUT2D eigenvalue weighted by Gasteiger charge is -2.23. The summed E-state index contributed by atoms with van der Waals surface area (Å²) in [4.78, 5) is 37.4. The number of thioether (sulfide) groups is 1. The molecule has 1 heterocycles. The quantitative estimate of drug-likeness (QED) is 0.755. The Bertz CT molecular complexity index is 384. The highest BCUT2D eigenvalue weighted by molar-refractivity contribution is 8.13. The van der Waals surface area contributed by atoms with Crippen molar-refractivity contribution in [1.29, 1.82) is 0 Å². The molecule has 0 aromatic carbocycles. The van der Waals surface area contributed by atoms with Crippen LogP contribution in [-0.4, -0.2) is 63.5 Å². The van der Waals surface area contributed by atoms with Crippen molar-refractivity contribution in [3.05, 3.63) is 0 Å². The van der Waals surface area contributed by atoms with Gasteiger partial charge in [-0.15, -0.1) is 0 Å². The Kier molecular flexibility index (Phi) is 4.68. The van der Waals surface area contributed by atoms with Crippen molar-refractivity contribution in [1.82, 2.24) is 9.80 Å². The summed E-state index contributed by atoms with van der Waals surface area (Å²) < 4.78 is 0. The van der Waals surface area contributed by atoms with Gasteiger partial charge in [0.15, 0.2) is 0 Å². The van der Waals surface area contributed by atoms with Crippen molar-refractivity contribution in [2.24, 2.45) is 0 Å². The van der Waals surface area contributed by atoms with E-state index in [1.54, 1.807) is 9.80 Å². The molecule has 1 N–H and O–H groups in total. The van der Waals surface area contributed by atoms with Crippen LogP contribution in [0.15, 0.2) is 0 Å². The molecule has 2 rings (SSSR count). The fourth-order valence-corrected chi connectivity index (χ4v) is 2.97. The number of amides is 2. The first-order chi connectivity index (χ1) is 9.08. The van der Waals surface area contributed by atoms with Gasteiger partial charge < -0.3 is 14.9 Å². The zero-order chi connectivity index (χ0) is 13.8. The van der Waals surface area contributed by atoms with Crippen LogP contribution in [0.5, 0.6) is 0 Å². The summed E-state index contributed by atoms with van der Waals surface area (Å²) in [6.07, 6.45) is 2.21. The van der Waals surface area contributed by atoms with Gasteiger partial charge in [0, 0.05) is 37.8 Å². The van der Waals surface area contributed by atoms with Crippen molar-refractivity contribution in [3.63, 3.8) is 0 Å². The first kappa shape index (κ1) is 14.2. The zero-order valence-corrected chi connectivity index (χ0v) is 11.5. The lowest BCUT2D eigenvalue weighted by atomic mass is 10.3. The molecule has 2 fully saturated rings. The van der Waals surface area contributed by atoms with E-state index in [0.717, 1.165) is 18.6 Å². The van der Waals surface area contributed by atoms with Crippen LogP contribution in [0.4, 0.5) is 4.79 Å². The van der Waals surface area contributed by atoms with Gasteiger partial charge in [-0.05, 0) is 12.8 Å². The summed E-state index contributed by atoms with van der Waals surface area (Å²) in [5.74, 6) is -0.128. The highest BCUT2D eigenvalue weighted by Crippen LogP contribution is 2.27. The standard InChI is InChI=1S/C12H18N2O4S/c15-10(3-5-13-7-8-19-12(13)18)14(9-1-2-9)6-4-11(16)17/h9H,1-8H2,(H,16,17). The van der Waals surface area contributed by atoms with E-state index in [4.69, 9.17) is 5.11 Å². The number of aliphatic carboxylic acids is 1. The van der Waals surface area contributed by atoms with Gasteiger partial charge in [-0.3, -0.25) is 14.4 Å². The molecule has 1 saturated heterocycles. The van der Waals surface area contributed by atoms with Gasteiger partial charge in [0.05, 0.1) is 6.42 Å². The number of carbonyl (C=O) groups is 3. The molecule has 0 aromatic heterocycles. The molecule has 7 heteroatoms. The largest absolute Gasteiger partial charge is 0.481 e. The van der Waals surface area contributed by atoms with Crippen molar-refractivity contribution in [2.45, 2.75) is 31.7 Å². The lowest BCUT2D eigenvalue weighted by molar-refractivity contribution is -0.138. The molecule has 6 nitrogen and oxygen atoms in total. The Morgan fingerprint density at radius 1 is 1.37 bits per heavy atom. The van der Waals surface area contributed by atoms with E-state index in [9.17, 15) is 14.4 Å². The predicted octanol–water partition coefficient (Wildman–Crippen LogP) is 1.01. The van der Waals surface area contributed by atoms with E-state index in [0.29, 0.717) is 19.5 Å². The third-order valence-electron chi connectivity index (χ3n) is 3.32. The van der Waals surface area contributed by atoms with Crippen molar-refractivity contribution < 1.29 is 19.5 Å². The molecule has 1 aliphatic carbocycles. The molecule has 0 radical (unpaired) electrons. The molecule has 1 aliphatic heterocycles. The van der Waals surface area contributed by atoms with E-state index in [2.05, 4.69) is 0 Å². The molecule has 0 aromatic rings. The maximum Gasteiger partial charge on any atom is 0.305 e. The average Bonchev–Trinajstić information content (AvgIpc) is 3.10. The minimum absolute atomic E-state index is 0.0132. The Labute approximate surface area is 116 Å². The van der Waals surface area contributed by atoms with Gasteiger partial charge in [0.2, 0.25) is 5.91 Å². The molecular weight excluding hydrogens is 268 g/mol.